The molecule has 0 spiro atoms. The number of nitrogens with zero attached hydrogens (tertiary/aromatic N) is 1. The summed E-state index contributed by atoms with van der Waals surface area (Å²) < 4.78 is 51.9. The lowest BCUT2D eigenvalue weighted by molar-refractivity contribution is 0.355. The molecule has 0 atom stereocenters. The lowest BCUT2D eigenvalue weighted by atomic mass is 10.2. The van der Waals surface area contributed by atoms with E-state index in [1.54, 1.807) is 36.4 Å². The first-order valence-corrected chi connectivity index (χ1v) is 9.34. The number of furan rings is 1. The minimum atomic E-state index is -4.07. The number of rotatable bonds is 7. The Hall–Kier alpha value is -2.64. The molecule has 0 aliphatic carbocycles. The third kappa shape index (κ3) is 3.95. The van der Waals surface area contributed by atoms with E-state index in [1.165, 1.54) is 35.9 Å². The van der Waals surface area contributed by atoms with Gasteiger partial charge in [-0.05, 0) is 42.0 Å². The monoisotopic (exact) mass is 375 g/mol. The van der Waals surface area contributed by atoms with Crippen molar-refractivity contribution >= 4 is 10.0 Å². The lowest BCUT2D eigenvalue weighted by Gasteiger charge is -2.22. The van der Waals surface area contributed by atoms with Gasteiger partial charge in [0.15, 0.2) is 0 Å². The van der Waals surface area contributed by atoms with Crippen LogP contribution >= 0.6 is 0 Å². The molecular formula is C19H18FNO4S. The van der Waals surface area contributed by atoms with E-state index in [2.05, 4.69) is 0 Å². The normalized spacial score (nSPS) is 11.7. The maximum Gasteiger partial charge on any atom is 0.246 e. The predicted octanol–water partition coefficient (Wildman–Crippen LogP) is 3.82. The molecule has 0 bridgehead atoms. The highest BCUT2D eigenvalue weighted by Gasteiger charge is 2.28. The average molecular weight is 375 g/mol. The second-order valence-corrected chi connectivity index (χ2v) is 7.54. The summed E-state index contributed by atoms with van der Waals surface area (Å²) in [5.41, 5.74) is 0.718. The quantitative estimate of drug-likeness (QED) is 0.630. The smallest absolute Gasteiger partial charge is 0.246 e. The molecule has 3 rings (SSSR count). The highest BCUT2D eigenvalue weighted by Crippen LogP contribution is 2.24. The van der Waals surface area contributed by atoms with E-state index in [0.29, 0.717) is 11.5 Å². The molecule has 0 aliphatic heterocycles. The van der Waals surface area contributed by atoms with Crippen molar-refractivity contribution in [2.45, 2.75) is 18.0 Å². The van der Waals surface area contributed by atoms with Gasteiger partial charge in [0.2, 0.25) is 10.0 Å². The number of halogens is 1. The van der Waals surface area contributed by atoms with Gasteiger partial charge in [-0.15, -0.1) is 0 Å². The fourth-order valence-corrected chi connectivity index (χ4v) is 4.03. The fraction of sp³-hybridized carbons (Fsp3) is 0.158. The van der Waals surface area contributed by atoms with Crippen molar-refractivity contribution in [3.05, 3.63) is 84.1 Å². The van der Waals surface area contributed by atoms with Gasteiger partial charge in [0, 0.05) is 6.54 Å². The van der Waals surface area contributed by atoms with Gasteiger partial charge < -0.3 is 9.15 Å². The summed E-state index contributed by atoms with van der Waals surface area (Å²) in [6.07, 6.45) is 1.47. The Morgan fingerprint density at radius 1 is 1.04 bits per heavy atom. The summed E-state index contributed by atoms with van der Waals surface area (Å²) >= 11 is 0. The van der Waals surface area contributed by atoms with Gasteiger partial charge >= 0.3 is 0 Å². The van der Waals surface area contributed by atoms with Crippen LogP contribution in [0.2, 0.25) is 0 Å². The van der Waals surface area contributed by atoms with Crippen LogP contribution in [0.5, 0.6) is 5.75 Å². The average Bonchev–Trinajstić information content (AvgIpc) is 3.15. The Morgan fingerprint density at radius 3 is 2.54 bits per heavy atom. The predicted molar refractivity (Wildman–Crippen MR) is 94.5 cm³/mol. The van der Waals surface area contributed by atoms with E-state index < -0.39 is 15.8 Å². The van der Waals surface area contributed by atoms with Gasteiger partial charge in [-0.2, -0.15) is 4.31 Å². The maximum atomic E-state index is 14.1. The topological polar surface area (TPSA) is 59.8 Å². The second kappa shape index (κ2) is 7.72. The first-order chi connectivity index (χ1) is 12.5. The van der Waals surface area contributed by atoms with Crippen molar-refractivity contribution in [1.82, 2.24) is 4.31 Å². The van der Waals surface area contributed by atoms with E-state index in [4.69, 9.17) is 9.15 Å². The summed E-state index contributed by atoms with van der Waals surface area (Å²) in [4.78, 5) is -0.366. The molecule has 0 fully saturated rings. The van der Waals surface area contributed by atoms with Gasteiger partial charge in [-0.3, -0.25) is 0 Å². The molecule has 136 valence electrons. The zero-order chi connectivity index (χ0) is 18.6. The Balaban J connectivity index is 1.98. The SMILES string of the molecule is COc1cccc(CN(Cc2ccco2)S(=O)(=O)c2ccccc2F)c1. The summed E-state index contributed by atoms with van der Waals surface area (Å²) in [6.45, 7) is 0.0371. The molecule has 1 heterocycles. The molecule has 0 N–H and O–H groups in total. The molecule has 1 aromatic heterocycles. The zero-order valence-corrected chi connectivity index (χ0v) is 14.9. The molecule has 0 unspecified atom stereocenters. The molecule has 0 amide bonds. The fourth-order valence-electron chi connectivity index (χ4n) is 2.57. The maximum absolute atomic E-state index is 14.1. The number of hydrogen-bond acceptors (Lipinski definition) is 4. The lowest BCUT2D eigenvalue weighted by Crippen LogP contribution is -2.30. The Labute approximate surface area is 151 Å². The molecule has 5 nitrogen and oxygen atoms in total. The van der Waals surface area contributed by atoms with Crippen molar-refractivity contribution < 1.29 is 22.0 Å². The highest BCUT2D eigenvalue weighted by molar-refractivity contribution is 7.89. The Kier molecular flexibility index (Phi) is 5.39. The molecule has 26 heavy (non-hydrogen) atoms. The molecule has 2 aromatic carbocycles. The van der Waals surface area contributed by atoms with E-state index in [9.17, 15) is 12.8 Å². The van der Waals surface area contributed by atoms with E-state index in [1.807, 2.05) is 0 Å². The van der Waals surface area contributed by atoms with Crippen LogP contribution in [-0.4, -0.2) is 19.8 Å². The van der Waals surface area contributed by atoms with E-state index in [0.717, 1.165) is 11.6 Å². The number of hydrogen-bond donors (Lipinski definition) is 0. The standard InChI is InChI=1S/C19H18FNO4S/c1-24-16-7-4-6-15(12-16)13-21(14-17-8-5-11-25-17)26(22,23)19-10-3-2-9-18(19)20/h2-12H,13-14H2,1H3. The van der Waals surface area contributed by atoms with Crippen molar-refractivity contribution in [2.75, 3.05) is 7.11 Å². The number of ether oxygens (including phenoxy) is 1. The summed E-state index contributed by atoms with van der Waals surface area (Å²) in [6, 6.07) is 15.8. The van der Waals surface area contributed by atoms with Gasteiger partial charge in [-0.1, -0.05) is 24.3 Å². The van der Waals surface area contributed by atoms with Crippen LogP contribution in [0.15, 0.2) is 76.2 Å². The van der Waals surface area contributed by atoms with Gasteiger partial charge in [0.1, 0.15) is 22.2 Å². The van der Waals surface area contributed by atoms with Gasteiger partial charge in [0.05, 0.1) is 19.9 Å². The minimum absolute atomic E-state index is 0.0130. The van der Waals surface area contributed by atoms with Gasteiger partial charge in [0.25, 0.3) is 0 Å². The van der Waals surface area contributed by atoms with Crippen LogP contribution in [0.4, 0.5) is 4.39 Å². The largest absolute Gasteiger partial charge is 0.497 e. The summed E-state index contributed by atoms with van der Waals surface area (Å²) in [5.74, 6) is 0.291. The molecule has 0 radical (unpaired) electrons. The zero-order valence-electron chi connectivity index (χ0n) is 14.1. The molecule has 0 aliphatic rings. The third-order valence-corrected chi connectivity index (χ3v) is 5.68. The first kappa shape index (κ1) is 18.2. The minimum Gasteiger partial charge on any atom is -0.497 e. The van der Waals surface area contributed by atoms with Crippen molar-refractivity contribution in [2.24, 2.45) is 0 Å². The van der Waals surface area contributed by atoms with Crippen molar-refractivity contribution in [3.63, 3.8) is 0 Å². The second-order valence-electron chi connectivity index (χ2n) is 5.63. The number of sulfonamides is 1. The van der Waals surface area contributed by atoms with Crippen LogP contribution in [-0.2, 0) is 23.1 Å². The highest BCUT2D eigenvalue weighted by atomic mass is 32.2. The number of benzene rings is 2. The summed E-state index contributed by atoms with van der Waals surface area (Å²) in [7, 11) is -2.53. The Morgan fingerprint density at radius 2 is 1.85 bits per heavy atom. The molecule has 3 aromatic rings. The van der Waals surface area contributed by atoms with Crippen LogP contribution in [0.25, 0.3) is 0 Å². The van der Waals surface area contributed by atoms with Crippen LogP contribution in [0.1, 0.15) is 11.3 Å². The number of methoxy groups -OCH3 is 1. The molecule has 0 saturated heterocycles. The van der Waals surface area contributed by atoms with Crippen molar-refractivity contribution in [3.8, 4) is 5.75 Å². The van der Waals surface area contributed by atoms with Crippen molar-refractivity contribution in [1.29, 1.82) is 0 Å². The van der Waals surface area contributed by atoms with E-state index >= 15 is 0 Å². The van der Waals surface area contributed by atoms with Gasteiger partial charge in [-0.25, -0.2) is 12.8 Å². The van der Waals surface area contributed by atoms with Crippen LogP contribution in [0, 0.1) is 5.82 Å². The molecular weight excluding hydrogens is 357 g/mol. The third-order valence-electron chi connectivity index (χ3n) is 3.86. The van der Waals surface area contributed by atoms with Crippen LogP contribution in [0.3, 0.4) is 0 Å². The van der Waals surface area contributed by atoms with Crippen LogP contribution < -0.4 is 4.74 Å². The first-order valence-electron chi connectivity index (χ1n) is 7.90. The summed E-state index contributed by atoms with van der Waals surface area (Å²) in [5, 5.41) is 0. The Bertz CT molecular complexity index is 971. The van der Waals surface area contributed by atoms with E-state index in [-0.39, 0.29) is 18.0 Å². The molecule has 7 heteroatoms. The molecule has 0 saturated carbocycles.